The van der Waals surface area contributed by atoms with Crippen LogP contribution in [0.3, 0.4) is 0 Å². The summed E-state index contributed by atoms with van der Waals surface area (Å²) in [6, 6.07) is 91.2. The normalized spacial score (nSPS) is 10.9. The molecule has 0 aliphatic carbocycles. The van der Waals surface area contributed by atoms with E-state index in [4.69, 9.17) is 4.55 Å². The Morgan fingerprint density at radius 3 is 1.45 bits per heavy atom. The molecule has 1 N–H and O–H groups in total. The summed E-state index contributed by atoms with van der Waals surface area (Å²) >= 11 is 0. The summed E-state index contributed by atoms with van der Waals surface area (Å²) < 4.78 is 25.9. The van der Waals surface area contributed by atoms with Gasteiger partial charge in [0.25, 0.3) is 10.1 Å². The molecule has 0 aliphatic rings. The van der Waals surface area contributed by atoms with Gasteiger partial charge < -0.3 is 5.32 Å². The van der Waals surface area contributed by atoms with Crippen LogP contribution in [-0.4, -0.2) is 26.3 Å². The van der Waals surface area contributed by atoms with Gasteiger partial charge in [0, 0.05) is 11.1 Å². The van der Waals surface area contributed by atoms with E-state index >= 15 is 0 Å². The minimum absolute atomic E-state index is 0. The van der Waals surface area contributed by atoms with Gasteiger partial charge in [-0.3, -0.25) is 4.55 Å². The van der Waals surface area contributed by atoms with Crippen molar-refractivity contribution in [1.82, 2.24) is 0 Å². The molecule has 0 spiro atoms. The zero-order valence-corrected chi connectivity index (χ0v) is 40.7. The standard InChI is InChI=1S/C44H32P2.C13H11N.CH4O3S.Pd/c1-5-19-35(20-6-1)45(36-21-7-2-8-22-36)41-31-29-33-17-13-15-27-39(33)43(41)44-40-28-16-14-18-34(40)30-32-42(44)46(37-23-9-3-10-24-37)38-25-11-4-12-26-38;1-14-13-10-6-5-9-12(13)11-7-3-2-4-8-11;1-5(2,3)4;/h1-32H;2-7,9-10H,1H3;1H3,(H,2,3,4);/q;-2;;+2/p+1. The smallest absolute Gasteiger partial charge is 0.694 e. The number of hydrogen-bond donors (Lipinski definition) is 1. The Morgan fingerprint density at radius 2 is 0.939 bits per heavy atom. The molecule has 0 bridgehead atoms. The first-order valence-electron chi connectivity index (χ1n) is 21.3. The molecule has 0 aromatic heterocycles. The van der Waals surface area contributed by atoms with E-state index in [2.05, 4.69) is 212 Å². The first-order valence-corrected chi connectivity index (χ1v) is 26.0. The second kappa shape index (κ2) is 22.9. The number of hydrogen-bond acceptors (Lipinski definition) is 2. The summed E-state index contributed by atoms with van der Waals surface area (Å²) in [5.41, 5.74) is 5.96. The van der Waals surface area contributed by atoms with Crippen LogP contribution in [0.1, 0.15) is 0 Å². The number of benzene rings is 10. The number of rotatable bonds is 9. The second-order valence-electron chi connectivity index (χ2n) is 15.3. The van der Waals surface area contributed by atoms with Gasteiger partial charge in [0.15, 0.2) is 0 Å². The van der Waals surface area contributed by atoms with Crippen molar-refractivity contribution in [3.8, 4) is 22.3 Å². The number of para-hydroxylation sites is 1. The summed E-state index contributed by atoms with van der Waals surface area (Å²) in [4.78, 5) is 0. The Morgan fingerprint density at radius 1 is 0.500 bits per heavy atom. The maximum Gasteiger partial charge on any atom is 2.00 e. The van der Waals surface area contributed by atoms with E-state index in [1.54, 1.807) is 0 Å². The van der Waals surface area contributed by atoms with Gasteiger partial charge in [-0.05, 0) is 75.7 Å². The largest absolute Gasteiger partial charge is 2.00 e. The average Bonchev–Trinajstić information content (AvgIpc) is 3.35. The summed E-state index contributed by atoms with van der Waals surface area (Å²) in [5, 5.41) is 17.7. The Kier molecular flexibility index (Phi) is 16.6. The van der Waals surface area contributed by atoms with Crippen molar-refractivity contribution >= 4 is 85.0 Å². The third kappa shape index (κ3) is 11.7. The maximum absolute atomic E-state index is 9.19. The van der Waals surface area contributed by atoms with Crippen molar-refractivity contribution in [2.75, 3.05) is 13.3 Å². The predicted octanol–water partition coefficient (Wildman–Crippen LogP) is 12.2. The molecule has 10 aromatic rings. The summed E-state index contributed by atoms with van der Waals surface area (Å²) in [5.74, 6) is 0. The van der Waals surface area contributed by atoms with E-state index in [0.29, 0.717) is 6.26 Å². The zero-order chi connectivity index (χ0) is 45.0. The van der Waals surface area contributed by atoms with E-state index in [9.17, 15) is 8.42 Å². The SMILES string of the molecule is CS(=O)(=O)O.C[N-]c1ccccc1-c1[c-]cccc1.[Pd+2].c1ccc(P(c2ccccc2)c2ccc3ccccc3c2-c2c([PH+](c3ccccc3)c3ccccc3)ccc3ccccc23)cc1. The van der Waals surface area contributed by atoms with Gasteiger partial charge in [-0.1, -0.05) is 188 Å². The summed E-state index contributed by atoms with van der Waals surface area (Å²) in [6.07, 6.45) is 0.715. The minimum atomic E-state index is -3.67. The molecule has 0 unspecified atom stereocenters. The van der Waals surface area contributed by atoms with Gasteiger partial charge in [-0.2, -0.15) is 14.1 Å². The Hall–Kier alpha value is -6.05. The molecule has 10 rings (SSSR count). The van der Waals surface area contributed by atoms with Crippen molar-refractivity contribution in [1.29, 1.82) is 0 Å². The molecule has 0 radical (unpaired) electrons. The fraction of sp³-hybridized carbons (Fsp3) is 0.0345. The molecular formula is C58H48NO3P2PdS+. The fourth-order valence-corrected chi connectivity index (χ4v) is 13.4. The van der Waals surface area contributed by atoms with Crippen LogP contribution in [0, 0.1) is 6.07 Å². The molecule has 0 saturated carbocycles. The van der Waals surface area contributed by atoms with Crippen LogP contribution in [0.4, 0.5) is 5.69 Å². The van der Waals surface area contributed by atoms with Crippen molar-refractivity contribution in [3.63, 3.8) is 0 Å². The Balaban J connectivity index is 0.000000270. The van der Waals surface area contributed by atoms with Gasteiger partial charge >= 0.3 is 20.4 Å². The third-order valence-electron chi connectivity index (χ3n) is 10.9. The van der Waals surface area contributed by atoms with E-state index in [0.717, 1.165) is 16.8 Å². The van der Waals surface area contributed by atoms with Crippen LogP contribution in [0.15, 0.2) is 243 Å². The summed E-state index contributed by atoms with van der Waals surface area (Å²) in [6.45, 7) is 0. The summed E-state index contributed by atoms with van der Waals surface area (Å²) in [7, 11) is -4.08. The van der Waals surface area contributed by atoms with Crippen molar-refractivity contribution in [2.45, 2.75) is 0 Å². The topological polar surface area (TPSA) is 68.5 Å². The van der Waals surface area contributed by atoms with Gasteiger partial charge in [0.1, 0.15) is 15.9 Å². The molecule has 0 heterocycles. The maximum atomic E-state index is 9.19. The van der Waals surface area contributed by atoms with Crippen LogP contribution in [0.2, 0.25) is 0 Å². The molecule has 4 nitrogen and oxygen atoms in total. The van der Waals surface area contributed by atoms with Crippen molar-refractivity contribution < 1.29 is 33.4 Å². The van der Waals surface area contributed by atoms with Gasteiger partial charge in [0.05, 0.1) is 14.2 Å². The molecule has 0 saturated heterocycles. The Bertz CT molecular complexity index is 2980. The second-order valence-corrected chi connectivity index (χ2v) is 21.3. The Labute approximate surface area is 405 Å². The molecule has 0 fully saturated rings. The van der Waals surface area contributed by atoms with E-state index in [1.165, 1.54) is 64.5 Å². The molecule has 8 heteroatoms. The first-order chi connectivity index (χ1) is 31.8. The molecule has 0 amide bonds. The van der Waals surface area contributed by atoms with Crippen LogP contribution in [-0.2, 0) is 30.5 Å². The minimum Gasteiger partial charge on any atom is -0.694 e. The van der Waals surface area contributed by atoms with Crippen LogP contribution in [0.25, 0.3) is 49.1 Å². The van der Waals surface area contributed by atoms with Crippen molar-refractivity contribution in [3.05, 3.63) is 254 Å². The molecule has 10 aromatic carbocycles. The third-order valence-corrected chi connectivity index (χ3v) is 16.2. The van der Waals surface area contributed by atoms with Crippen LogP contribution in [0.5, 0.6) is 0 Å². The first kappa shape index (κ1) is 47.9. The van der Waals surface area contributed by atoms with E-state index in [-0.39, 0.29) is 20.4 Å². The number of fused-ring (bicyclic) bond motifs is 2. The van der Waals surface area contributed by atoms with Crippen LogP contribution < -0.4 is 31.8 Å². The fourth-order valence-electron chi connectivity index (χ4n) is 8.18. The molecule has 0 atom stereocenters. The molecule has 0 aliphatic heterocycles. The van der Waals surface area contributed by atoms with E-state index < -0.39 is 26.0 Å². The van der Waals surface area contributed by atoms with Gasteiger partial charge in [-0.15, -0.1) is 48.5 Å². The molecule has 328 valence electrons. The van der Waals surface area contributed by atoms with Crippen LogP contribution >= 0.6 is 15.8 Å². The van der Waals surface area contributed by atoms with Crippen molar-refractivity contribution in [2.24, 2.45) is 0 Å². The quantitative estimate of drug-likeness (QED) is 0.0678. The predicted molar refractivity (Wildman–Crippen MR) is 283 cm³/mol. The molecule has 66 heavy (non-hydrogen) atoms. The zero-order valence-electron chi connectivity index (χ0n) is 36.5. The van der Waals surface area contributed by atoms with Gasteiger partial charge in [0.2, 0.25) is 0 Å². The molecular weight excluding hydrogens is 959 g/mol. The van der Waals surface area contributed by atoms with E-state index in [1.807, 2.05) is 49.5 Å². The number of nitrogens with zero attached hydrogens (tertiary/aromatic N) is 1. The van der Waals surface area contributed by atoms with Gasteiger partial charge in [-0.25, -0.2) is 0 Å². The average molecular weight is 1010 g/mol. The monoisotopic (exact) mass is 1010 g/mol.